The van der Waals surface area contributed by atoms with Crippen molar-refractivity contribution in [1.29, 1.82) is 0 Å². The second-order valence-corrected chi connectivity index (χ2v) is 8.13. The van der Waals surface area contributed by atoms with Crippen LogP contribution in [0.2, 0.25) is 0 Å². The third kappa shape index (κ3) is 2.49. The molecule has 0 radical (unpaired) electrons. The Morgan fingerprint density at radius 1 is 1.00 bits per heavy atom. The molecule has 1 aromatic carbocycles. The molecule has 0 spiro atoms. The molecule has 3 aliphatic rings. The van der Waals surface area contributed by atoms with E-state index in [9.17, 15) is 9.59 Å². The van der Waals surface area contributed by atoms with Crippen LogP contribution in [0.3, 0.4) is 0 Å². The van der Waals surface area contributed by atoms with Crippen molar-refractivity contribution in [2.45, 2.75) is 13.0 Å². The molecule has 4 heteroatoms. The van der Waals surface area contributed by atoms with Gasteiger partial charge in [-0.15, -0.1) is 0 Å². The normalized spacial score (nSPS) is 31.2. The maximum Gasteiger partial charge on any atom is 0.233 e. The van der Waals surface area contributed by atoms with Crippen LogP contribution in [-0.2, 0) is 16.1 Å². The van der Waals surface area contributed by atoms with Gasteiger partial charge in [-0.3, -0.25) is 14.5 Å². The minimum absolute atomic E-state index is 0.0709. The molecule has 4 nitrogen and oxygen atoms in total. The molecule has 1 saturated carbocycles. The van der Waals surface area contributed by atoms with Crippen molar-refractivity contribution in [1.82, 2.24) is 4.90 Å². The van der Waals surface area contributed by atoms with E-state index in [4.69, 9.17) is 0 Å². The summed E-state index contributed by atoms with van der Waals surface area (Å²) in [6, 6.07) is 10.4. The molecule has 1 heterocycles. The van der Waals surface area contributed by atoms with E-state index in [2.05, 4.69) is 38.4 Å². The number of fused-ring (bicyclic) bond motifs is 5. The van der Waals surface area contributed by atoms with Gasteiger partial charge in [-0.25, -0.2) is 0 Å². The summed E-state index contributed by atoms with van der Waals surface area (Å²) in [5.41, 5.74) is 1.28. The maximum atomic E-state index is 12.7. The Morgan fingerprint density at radius 2 is 1.58 bits per heavy atom. The number of benzene rings is 1. The predicted octanol–water partition coefficient (Wildman–Crippen LogP) is 2.07. The molecule has 4 rings (SSSR count). The summed E-state index contributed by atoms with van der Waals surface area (Å²) in [7, 11) is 4.31. The minimum atomic E-state index is -0.0720. The predicted molar refractivity (Wildman–Crippen MR) is 91.6 cm³/mol. The number of amides is 2. The highest BCUT2D eigenvalue weighted by Crippen LogP contribution is 2.52. The molecule has 24 heavy (non-hydrogen) atoms. The lowest BCUT2D eigenvalue weighted by Gasteiger charge is -2.31. The molecule has 4 atom stereocenters. The number of hydrogen-bond acceptors (Lipinski definition) is 2. The SMILES string of the molecule is C[N+](C)(CCN1C(=O)C2C3C=CC(C3)C2C1=O)Cc1ccccc1. The summed E-state index contributed by atoms with van der Waals surface area (Å²) in [6.45, 7) is 2.22. The van der Waals surface area contributed by atoms with Crippen molar-refractivity contribution < 1.29 is 14.1 Å². The van der Waals surface area contributed by atoms with Crippen LogP contribution in [0.4, 0.5) is 0 Å². The van der Waals surface area contributed by atoms with Crippen molar-refractivity contribution in [2.75, 3.05) is 27.2 Å². The molecule has 4 unspecified atom stereocenters. The third-order valence-electron chi connectivity index (χ3n) is 5.94. The number of allylic oxidation sites excluding steroid dienone is 2. The van der Waals surface area contributed by atoms with E-state index in [1.165, 1.54) is 5.56 Å². The van der Waals surface area contributed by atoms with Gasteiger partial charge in [0.05, 0.1) is 39.0 Å². The molecule has 2 aliphatic carbocycles. The molecule has 0 N–H and O–H groups in total. The second-order valence-electron chi connectivity index (χ2n) is 8.13. The van der Waals surface area contributed by atoms with Gasteiger partial charge in [0, 0.05) is 5.56 Å². The lowest BCUT2D eigenvalue weighted by molar-refractivity contribution is -0.902. The first-order valence-electron chi connectivity index (χ1n) is 8.86. The van der Waals surface area contributed by atoms with Crippen LogP contribution in [-0.4, -0.2) is 48.4 Å². The van der Waals surface area contributed by atoms with Gasteiger partial charge < -0.3 is 4.48 Å². The Balaban J connectivity index is 1.41. The number of likely N-dealkylation sites (N-methyl/N-ethyl adjacent to an activating group) is 1. The van der Waals surface area contributed by atoms with Crippen LogP contribution in [0.5, 0.6) is 0 Å². The zero-order valence-corrected chi connectivity index (χ0v) is 14.4. The maximum absolute atomic E-state index is 12.7. The summed E-state index contributed by atoms with van der Waals surface area (Å²) < 4.78 is 0.765. The molecule has 126 valence electrons. The van der Waals surface area contributed by atoms with Crippen molar-refractivity contribution in [3.63, 3.8) is 0 Å². The first kappa shape index (κ1) is 15.6. The van der Waals surface area contributed by atoms with Crippen molar-refractivity contribution in [3.05, 3.63) is 48.0 Å². The molecule has 1 aromatic rings. The summed E-state index contributed by atoms with van der Waals surface area (Å²) in [5, 5.41) is 0. The summed E-state index contributed by atoms with van der Waals surface area (Å²) >= 11 is 0. The van der Waals surface area contributed by atoms with E-state index in [-0.39, 0.29) is 23.7 Å². The lowest BCUT2D eigenvalue weighted by Crippen LogP contribution is -2.46. The summed E-state index contributed by atoms with van der Waals surface area (Å²) in [6.07, 6.45) is 5.29. The van der Waals surface area contributed by atoms with Gasteiger partial charge in [-0.2, -0.15) is 0 Å². The monoisotopic (exact) mass is 325 g/mol. The molecule has 2 bridgehead atoms. The van der Waals surface area contributed by atoms with Gasteiger partial charge in [-0.05, 0) is 18.3 Å². The second kappa shape index (κ2) is 5.55. The van der Waals surface area contributed by atoms with Crippen LogP contribution in [0, 0.1) is 23.7 Å². The van der Waals surface area contributed by atoms with E-state index >= 15 is 0 Å². The minimum Gasteiger partial charge on any atom is -0.323 e. The average Bonchev–Trinajstić information content (AvgIpc) is 3.21. The molecular formula is C20H25N2O2+. The smallest absolute Gasteiger partial charge is 0.233 e. The first-order valence-corrected chi connectivity index (χ1v) is 8.86. The number of imide groups is 1. The van der Waals surface area contributed by atoms with E-state index in [1.54, 1.807) is 4.90 Å². The number of carbonyl (C=O) groups excluding carboxylic acids is 2. The van der Waals surface area contributed by atoms with Gasteiger partial charge in [-0.1, -0.05) is 42.5 Å². The van der Waals surface area contributed by atoms with Gasteiger partial charge in [0.2, 0.25) is 11.8 Å². The number of nitrogens with zero attached hydrogens (tertiary/aromatic N) is 2. The Morgan fingerprint density at radius 3 is 2.17 bits per heavy atom. The fourth-order valence-electron chi connectivity index (χ4n) is 4.71. The van der Waals surface area contributed by atoms with E-state index < -0.39 is 0 Å². The molecular weight excluding hydrogens is 300 g/mol. The highest BCUT2D eigenvalue weighted by molar-refractivity contribution is 6.06. The number of carbonyl (C=O) groups is 2. The Bertz CT molecular complexity index is 665. The Hall–Kier alpha value is -1.94. The highest BCUT2D eigenvalue weighted by Gasteiger charge is 2.59. The topological polar surface area (TPSA) is 37.4 Å². The quantitative estimate of drug-likeness (QED) is 0.472. The molecule has 1 aliphatic heterocycles. The van der Waals surface area contributed by atoms with Gasteiger partial charge in [0.25, 0.3) is 0 Å². The average molecular weight is 325 g/mol. The summed E-state index contributed by atoms with van der Waals surface area (Å²) in [5.74, 6) is 0.596. The van der Waals surface area contributed by atoms with Crippen LogP contribution in [0.1, 0.15) is 12.0 Å². The number of hydrogen-bond donors (Lipinski definition) is 0. The van der Waals surface area contributed by atoms with Gasteiger partial charge in [0.1, 0.15) is 6.54 Å². The Kier molecular flexibility index (Phi) is 3.61. The number of rotatable bonds is 5. The number of quaternary nitrogens is 1. The zero-order valence-electron chi connectivity index (χ0n) is 14.4. The zero-order chi connectivity index (χ0) is 16.9. The van der Waals surface area contributed by atoms with Crippen LogP contribution in [0.25, 0.3) is 0 Å². The fraction of sp³-hybridized carbons (Fsp3) is 0.500. The Labute approximate surface area is 143 Å². The standard InChI is InChI=1S/C20H25N2O2/c1-22(2,13-14-6-4-3-5-7-14)11-10-21-19(23)17-15-8-9-16(12-15)18(17)20(21)24/h3-9,15-18H,10-13H2,1-2H3/q+1. The molecule has 0 aromatic heterocycles. The molecule has 1 saturated heterocycles. The highest BCUT2D eigenvalue weighted by atomic mass is 16.2. The number of likely N-dealkylation sites (tertiary alicyclic amines) is 1. The largest absolute Gasteiger partial charge is 0.323 e. The third-order valence-corrected chi connectivity index (χ3v) is 5.94. The van der Waals surface area contributed by atoms with Crippen LogP contribution < -0.4 is 0 Å². The van der Waals surface area contributed by atoms with Gasteiger partial charge in [0.15, 0.2) is 0 Å². The van der Waals surface area contributed by atoms with Crippen LogP contribution in [0.15, 0.2) is 42.5 Å². The molecule has 2 fully saturated rings. The van der Waals surface area contributed by atoms with E-state index in [0.29, 0.717) is 18.4 Å². The van der Waals surface area contributed by atoms with Crippen molar-refractivity contribution in [3.8, 4) is 0 Å². The van der Waals surface area contributed by atoms with Crippen molar-refractivity contribution in [2.24, 2.45) is 23.7 Å². The molecule has 2 amide bonds. The van der Waals surface area contributed by atoms with E-state index in [0.717, 1.165) is 24.0 Å². The van der Waals surface area contributed by atoms with E-state index in [1.807, 2.05) is 18.2 Å². The summed E-state index contributed by atoms with van der Waals surface area (Å²) in [4.78, 5) is 27.0. The van der Waals surface area contributed by atoms with Crippen molar-refractivity contribution >= 4 is 11.8 Å². The van der Waals surface area contributed by atoms with Crippen LogP contribution >= 0.6 is 0 Å². The van der Waals surface area contributed by atoms with Gasteiger partial charge >= 0.3 is 0 Å². The first-order chi connectivity index (χ1) is 11.5. The lowest BCUT2D eigenvalue weighted by atomic mass is 9.85. The fourth-order valence-corrected chi connectivity index (χ4v) is 4.71.